The van der Waals surface area contributed by atoms with Crippen LogP contribution in [0.1, 0.15) is 18.9 Å². The molecular weight excluding hydrogens is 179 g/mol. The first kappa shape index (κ1) is 11.1. The van der Waals surface area contributed by atoms with E-state index in [-0.39, 0.29) is 11.9 Å². The third-order valence-electron chi connectivity index (χ3n) is 1.99. The lowest BCUT2D eigenvalue weighted by atomic mass is 10.2. The molecule has 1 unspecified atom stereocenters. The van der Waals surface area contributed by atoms with Crippen molar-refractivity contribution in [3.63, 3.8) is 0 Å². The SMILES string of the molecule is CC(N)CCNCc1cccc(F)c1. The van der Waals surface area contributed by atoms with Gasteiger partial charge in [-0.2, -0.15) is 0 Å². The molecule has 1 atom stereocenters. The zero-order valence-corrected chi connectivity index (χ0v) is 8.46. The Hall–Kier alpha value is -0.930. The summed E-state index contributed by atoms with van der Waals surface area (Å²) in [6.45, 7) is 3.54. The van der Waals surface area contributed by atoms with Crippen LogP contribution in [0.2, 0.25) is 0 Å². The first-order valence-corrected chi connectivity index (χ1v) is 4.89. The first-order chi connectivity index (χ1) is 6.68. The zero-order chi connectivity index (χ0) is 10.4. The predicted molar refractivity (Wildman–Crippen MR) is 56.4 cm³/mol. The summed E-state index contributed by atoms with van der Waals surface area (Å²) in [4.78, 5) is 0. The molecule has 3 heteroatoms. The van der Waals surface area contributed by atoms with Crippen molar-refractivity contribution in [1.82, 2.24) is 5.32 Å². The topological polar surface area (TPSA) is 38.0 Å². The van der Waals surface area contributed by atoms with Crippen LogP contribution in [0.5, 0.6) is 0 Å². The van der Waals surface area contributed by atoms with E-state index in [9.17, 15) is 4.39 Å². The van der Waals surface area contributed by atoms with Crippen molar-refractivity contribution in [1.29, 1.82) is 0 Å². The van der Waals surface area contributed by atoms with Crippen molar-refractivity contribution >= 4 is 0 Å². The van der Waals surface area contributed by atoms with Crippen LogP contribution >= 0.6 is 0 Å². The van der Waals surface area contributed by atoms with Crippen molar-refractivity contribution in [2.24, 2.45) is 5.73 Å². The average Bonchev–Trinajstić information content (AvgIpc) is 2.12. The van der Waals surface area contributed by atoms with Gasteiger partial charge in [0, 0.05) is 12.6 Å². The fourth-order valence-corrected chi connectivity index (χ4v) is 1.21. The molecule has 0 heterocycles. The van der Waals surface area contributed by atoms with Gasteiger partial charge in [-0.3, -0.25) is 0 Å². The van der Waals surface area contributed by atoms with E-state index in [0.29, 0.717) is 6.54 Å². The number of nitrogens with one attached hydrogen (secondary N) is 1. The van der Waals surface area contributed by atoms with Gasteiger partial charge in [0.1, 0.15) is 5.82 Å². The van der Waals surface area contributed by atoms with Crippen LogP contribution in [0.15, 0.2) is 24.3 Å². The van der Waals surface area contributed by atoms with Crippen LogP contribution in [0.3, 0.4) is 0 Å². The molecule has 1 aromatic carbocycles. The van der Waals surface area contributed by atoms with E-state index in [2.05, 4.69) is 5.32 Å². The molecule has 0 aliphatic heterocycles. The van der Waals surface area contributed by atoms with E-state index < -0.39 is 0 Å². The van der Waals surface area contributed by atoms with E-state index in [1.165, 1.54) is 6.07 Å². The van der Waals surface area contributed by atoms with Gasteiger partial charge in [-0.1, -0.05) is 12.1 Å². The molecule has 0 saturated heterocycles. The molecule has 1 aromatic rings. The fraction of sp³-hybridized carbons (Fsp3) is 0.455. The largest absolute Gasteiger partial charge is 0.328 e. The Morgan fingerprint density at radius 3 is 2.93 bits per heavy atom. The number of benzene rings is 1. The second-order valence-electron chi connectivity index (χ2n) is 3.57. The van der Waals surface area contributed by atoms with Gasteiger partial charge in [0.05, 0.1) is 0 Å². The molecular formula is C11H17FN2. The number of halogens is 1. The van der Waals surface area contributed by atoms with E-state index in [1.54, 1.807) is 12.1 Å². The summed E-state index contributed by atoms with van der Waals surface area (Å²) in [5.41, 5.74) is 6.56. The summed E-state index contributed by atoms with van der Waals surface area (Å²) in [5.74, 6) is -0.184. The van der Waals surface area contributed by atoms with Crippen molar-refractivity contribution in [3.05, 3.63) is 35.6 Å². The van der Waals surface area contributed by atoms with Crippen LogP contribution in [0.4, 0.5) is 4.39 Å². The van der Waals surface area contributed by atoms with Crippen LogP contribution in [-0.4, -0.2) is 12.6 Å². The van der Waals surface area contributed by atoms with Gasteiger partial charge in [-0.15, -0.1) is 0 Å². The van der Waals surface area contributed by atoms with Gasteiger partial charge in [0.2, 0.25) is 0 Å². The molecule has 0 aliphatic rings. The first-order valence-electron chi connectivity index (χ1n) is 4.89. The second kappa shape index (κ2) is 5.73. The summed E-state index contributed by atoms with van der Waals surface area (Å²) in [6, 6.07) is 6.83. The third-order valence-corrected chi connectivity index (χ3v) is 1.99. The fourth-order valence-electron chi connectivity index (χ4n) is 1.21. The highest BCUT2D eigenvalue weighted by Gasteiger charge is 1.96. The van der Waals surface area contributed by atoms with Gasteiger partial charge in [-0.25, -0.2) is 4.39 Å². The van der Waals surface area contributed by atoms with Gasteiger partial charge < -0.3 is 11.1 Å². The Bertz CT molecular complexity index is 274. The van der Waals surface area contributed by atoms with Crippen molar-refractivity contribution in [2.45, 2.75) is 25.9 Å². The molecule has 0 aromatic heterocycles. The number of nitrogens with two attached hydrogens (primary N) is 1. The minimum Gasteiger partial charge on any atom is -0.328 e. The highest BCUT2D eigenvalue weighted by Crippen LogP contribution is 2.02. The highest BCUT2D eigenvalue weighted by atomic mass is 19.1. The minimum absolute atomic E-state index is 0.184. The van der Waals surface area contributed by atoms with Crippen LogP contribution in [0.25, 0.3) is 0 Å². The maximum absolute atomic E-state index is 12.8. The summed E-state index contributed by atoms with van der Waals surface area (Å²) >= 11 is 0. The van der Waals surface area contributed by atoms with E-state index in [0.717, 1.165) is 18.5 Å². The Kier molecular flexibility index (Phi) is 4.56. The normalized spacial score (nSPS) is 12.8. The Morgan fingerprint density at radius 1 is 1.50 bits per heavy atom. The molecule has 1 rings (SSSR count). The maximum Gasteiger partial charge on any atom is 0.123 e. The molecule has 2 nitrogen and oxygen atoms in total. The van der Waals surface area contributed by atoms with E-state index in [4.69, 9.17) is 5.73 Å². The van der Waals surface area contributed by atoms with E-state index >= 15 is 0 Å². The predicted octanol–water partition coefficient (Wildman–Crippen LogP) is 1.65. The van der Waals surface area contributed by atoms with Crippen molar-refractivity contribution in [2.75, 3.05) is 6.54 Å². The molecule has 78 valence electrons. The smallest absolute Gasteiger partial charge is 0.123 e. The molecule has 0 spiro atoms. The molecule has 3 N–H and O–H groups in total. The average molecular weight is 196 g/mol. The highest BCUT2D eigenvalue weighted by molar-refractivity contribution is 5.15. The monoisotopic (exact) mass is 196 g/mol. The number of hydrogen-bond donors (Lipinski definition) is 2. The Labute approximate surface area is 84.3 Å². The Balaban J connectivity index is 2.25. The third kappa shape index (κ3) is 4.35. The maximum atomic E-state index is 12.8. The molecule has 0 saturated carbocycles. The minimum atomic E-state index is -0.184. The quantitative estimate of drug-likeness (QED) is 0.703. The summed E-state index contributed by atoms with van der Waals surface area (Å²) < 4.78 is 12.8. The zero-order valence-electron chi connectivity index (χ0n) is 8.46. The lowest BCUT2D eigenvalue weighted by molar-refractivity contribution is 0.584. The number of rotatable bonds is 5. The van der Waals surface area contributed by atoms with E-state index in [1.807, 2.05) is 13.0 Å². The van der Waals surface area contributed by atoms with Crippen LogP contribution < -0.4 is 11.1 Å². The lowest BCUT2D eigenvalue weighted by Crippen LogP contribution is -2.23. The summed E-state index contributed by atoms with van der Waals surface area (Å²) in [5, 5.41) is 3.21. The molecule has 0 radical (unpaired) electrons. The second-order valence-corrected chi connectivity index (χ2v) is 3.57. The van der Waals surface area contributed by atoms with Gasteiger partial charge in [0.15, 0.2) is 0 Å². The standard InChI is InChI=1S/C11H17FN2/c1-9(13)5-6-14-8-10-3-2-4-11(12)7-10/h2-4,7,9,14H,5-6,8,13H2,1H3. The van der Waals surface area contributed by atoms with Crippen LogP contribution in [0, 0.1) is 5.82 Å². The van der Waals surface area contributed by atoms with Gasteiger partial charge in [-0.05, 0) is 37.6 Å². The molecule has 0 amide bonds. The van der Waals surface area contributed by atoms with Crippen molar-refractivity contribution < 1.29 is 4.39 Å². The Morgan fingerprint density at radius 2 is 2.29 bits per heavy atom. The molecule has 0 bridgehead atoms. The van der Waals surface area contributed by atoms with Crippen LogP contribution in [-0.2, 0) is 6.54 Å². The number of hydrogen-bond acceptors (Lipinski definition) is 2. The molecule has 0 fully saturated rings. The molecule has 14 heavy (non-hydrogen) atoms. The summed E-state index contributed by atoms with van der Waals surface area (Å²) in [7, 11) is 0. The van der Waals surface area contributed by atoms with Gasteiger partial charge in [0.25, 0.3) is 0 Å². The lowest BCUT2D eigenvalue weighted by Gasteiger charge is -2.06. The van der Waals surface area contributed by atoms with Crippen molar-refractivity contribution in [3.8, 4) is 0 Å². The van der Waals surface area contributed by atoms with Gasteiger partial charge >= 0.3 is 0 Å². The summed E-state index contributed by atoms with van der Waals surface area (Å²) in [6.07, 6.45) is 0.940. The molecule has 0 aliphatic carbocycles.